The minimum atomic E-state index is 0.118. The van der Waals surface area contributed by atoms with E-state index < -0.39 is 0 Å². The summed E-state index contributed by atoms with van der Waals surface area (Å²) in [6.07, 6.45) is 0.885. The standard InChI is InChI=1S/C6H14N4O/c7-5(8)1-3-11-4-2-6(9)10/h1-4H2,(H3,7,8)(H3,9,10). The van der Waals surface area contributed by atoms with Gasteiger partial charge in [0.25, 0.3) is 0 Å². The monoisotopic (exact) mass is 158 g/mol. The Labute approximate surface area is 65.7 Å². The van der Waals surface area contributed by atoms with Gasteiger partial charge in [0.05, 0.1) is 24.9 Å². The summed E-state index contributed by atoms with van der Waals surface area (Å²) in [6.45, 7) is 0.866. The average molecular weight is 158 g/mol. The molecule has 0 aliphatic heterocycles. The Hall–Kier alpha value is -1.10. The van der Waals surface area contributed by atoms with Gasteiger partial charge in [-0.1, -0.05) is 0 Å². The van der Waals surface area contributed by atoms with E-state index in [1.54, 1.807) is 0 Å². The molecule has 11 heavy (non-hydrogen) atoms. The molecule has 0 aliphatic carbocycles. The second-order valence-electron chi connectivity index (χ2n) is 2.16. The van der Waals surface area contributed by atoms with Gasteiger partial charge in [0.15, 0.2) is 0 Å². The first kappa shape index (κ1) is 9.90. The lowest BCUT2D eigenvalue weighted by atomic mass is 10.4. The largest absolute Gasteiger partial charge is 0.388 e. The fourth-order valence-electron chi connectivity index (χ4n) is 0.466. The normalized spacial score (nSPS) is 9.45. The van der Waals surface area contributed by atoms with Crippen LogP contribution < -0.4 is 11.5 Å². The molecule has 0 bridgehead atoms. The zero-order valence-electron chi connectivity index (χ0n) is 6.39. The summed E-state index contributed by atoms with van der Waals surface area (Å²) < 4.78 is 5.01. The third kappa shape index (κ3) is 8.90. The molecular weight excluding hydrogens is 144 g/mol. The van der Waals surface area contributed by atoms with Crippen molar-refractivity contribution in [2.45, 2.75) is 12.8 Å². The molecule has 0 rings (SSSR count). The van der Waals surface area contributed by atoms with Crippen molar-refractivity contribution in [3.05, 3.63) is 0 Å². The molecule has 64 valence electrons. The maximum absolute atomic E-state index is 6.85. The zero-order chi connectivity index (χ0) is 8.69. The Morgan fingerprint density at radius 2 is 1.36 bits per heavy atom. The van der Waals surface area contributed by atoms with Crippen LogP contribution in [-0.4, -0.2) is 24.9 Å². The van der Waals surface area contributed by atoms with Gasteiger partial charge in [0, 0.05) is 12.8 Å². The maximum Gasteiger partial charge on any atom is 0.0928 e. The summed E-state index contributed by atoms with van der Waals surface area (Å²) in [5.74, 6) is 0.237. The number of hydrogen-bond donors (Lipinski definition) is 4. The van der Waals surface area contributed by atoms with E-state index in [1.807, 2.05) is 0 Å². The van der Waals surface area contributed by atoms with Crippen molar-refractivity contribution in [1.29, 1.82) is 10.8 Å². The Morgan fingerprint density at radius 1 is 1.00 bits per heavy atom. The van der Waals surface area contributed by atoms with E-state index >= 15 is 0 Å². The number of rotatable bonds is 6. The lowest BCUT2D eigenvalue weighted by Crippen LogP contribution is -2.15. The van der Waals surface area contributed by atoms with Crippen LogP contribution in [0.2, 0.25) is 0 Å². The quantitative estimate of drug-likeness (QED) is 0.241. The zero-order valence-corrected chi connectivity index (χ0v) is 6.39. The maximum atomic E-state index is 6.85. The van der Waals surface area contributed by atoms with Gasteiger partial charge in [0.1, 0.15) is 0 Å². The van der Waals surface area contributed by atoms with Crippen LogP contribution >= 0.6 is 0 Å². The molecule has 0 aromatic rings. The molecule has 6 N–H and O–H groups in total. The molecule has 0 saturated carbocycles. The van der Waals surface area contributed by atoms with E-state index in [-0.39, 0.29) is 11.7 Å². The van der Waals surface area contributed by atoms with Crippen LogP contribution in [0, 0.1) is 10.8 Å². The fourth-order valence-corrected chi connectivity index (χ4v) is 0.466. The molecule has 0 atom stereocenters. The highest BCUT2D eigenvalue weighted by Crippen LogP contribution is 1.84. The van der Waals surface area contributed by atoms with Crippen LogP contribution in [-0.2, 0) is 4.74 Å². The van der Waals surface area contributed by atoms with Crippen molar-refractivity contribution in [1.82, 2.24) is 0 Å². The SMILES string of the molecule is N=C(N)CCOCCC(=N)N. The molecule has 0 saturated heterocycles. The van der Waals surface area contributed by atoms with E-state index in [1.165, 1.54) is 0 Å². The van der Waals surface area contributed by atoms with E-state index in [2.05, 4.69) is 0 Å². The van der Waals surface area contributed by atoms with Gasteiger partial charge in [-0.05, 0) is 0 Å². The highest BCUT2D eigenvalue weighted by Gasteiger charge is 1.92. The van der Waals surface area contributed by atoms with Crippen LogP contribution in [0.4, 0.5) is 0 Å². The molecule has 0 amide bonds. The molecule has 0 fully saturated rings. The average Bonchev–Trinajstić information content (AvgIpc) is 1.85. The van der Waals surface area contributed by atoms with Gasteiger partial charge in [0.2, 0.25) is 0 Å². The van der Waals surface area contributed by atoms with Gasteiger partial charge in [-0.25, -0.2) is 0 Å². The van der Waals surface area contributed by atoms with E-state index in [9.17, 15) is 0 Å². The summed E-state index contributed by atoms with van der Waals surface area (Å²) in [6, 6.07) is 0. The molecule has 0 aliphatic rings. The van der Waals surface area contributed by atoms with E-state index in [4.69, 9.17) is 27.0 Å². The molecular formula is C6H14N4O. The Morgan fingerprint density at radius 3 is 1.64 bits per heavy atom. The van der Waals surface area contributed by atoms with Crippen molar-refractivity contribution >= 4 is 11.7 Å². The molecule has 0 spiro atoms. The van der Waals surface area contributed by atoms with Crippen molar-refractivity contribution < 1.29 is 4.74 Å². The molecule has 0 aromatic heterocycles. The van der Waals surface area contributed by atoms with Crippen LogP contribution in [0.1, 0.15) is 12.8 Å². The first-order chi connectivity index (χ1) is 5.13. The summed E-state index contributed by atoms with van der Waals surface area (Å²) in [4.78, 5) is 0. The number of amidine groups is 2. The van der Waals surface area contributed by atoms with Crippen LogP contribution in [0.15, 0.2) is 0 Å². The number of ether oxygens (including phenoxy) is 1. The molecule has 0 radical (unpaired) electrons. The van der Waals surface area contributed by atoms with Gasteiger partial charge in [-0.15, -0.1) is 0 Å². The Balaban J connectivity index is 3.03. The predicted molar refractivity (Wildman–Crippen MR) is 43.9 cm³/mol. The minimum absolute atomic E-state index is 0.118. The summed E-state index contributed by atoms with van der Waals surface area (Å²) in [7, 11) is 0. The highest BCUT2D eigenvalue weighted by atomic mass is 16.5. The van der Waals surface area contributed by atoms with Crippen molar-refractivity contribution in [3.63, 3.8) is 0 Å². The third-order valence-electron chi connectivity index (χ3n) is 1.03. The lowest BCUT2D eigenvalue weighted by Gasteiger charge is -2.01. The molecule has 5 heteroatoms. The van der Waals surface area contributed by atoms with Crippen LogP contribution in [0.5, 0.6) is 0 Å². The fraction of sp³-hybridized carbons (Fsp3) is 0.667. The second kappa shape index (κ2) is 5.67. The smallest absolute Gasteiger partial charge is 0.0928 e. The molecule has 5 nitrogen and oxygen atoms in total. The minimum Gasteiger partial charge on any atom is -0.388 e. The Bertz CT molecular complexity index is 130. The summed E-state index contributed by atoms with van der Waals surface area (Å²) >= 11 is 0. The van der Waals surface area contributed by atoms with E-state index in [0.717, 1.165) is 0 Å². The topological polar surface area (TPSA) is 109 Å². The van der Waals surface area contributed by atoms with Gasteiger partial charge >= 0.3 is 0 Å². The first-order valence-electron chi connectivity index (χ1n) is 3.36. The van der Waals surface area contributed by atoms with Gasteiger partial charge in [-0.2, -0.15) is 0 Å². The Kier molecular flexibility index (Phi) is 5.10. The van der Waals surface area contributed by atoms with Gasteiger partial charge < -0.3 is 16.2 Å². The van der Waals surface area contributed by atoms with Gasteiger partial charge in [-0.3, -0.25) is 10.8 Å². The van der Waals surface area contributed by atoms with Crippen molar-refractivity contribution in [2.24, 2.45) is 11.5 Å². The van der Waals surface area contributed by atoms with Crippen molar-refractivity contribution in [3.8, 4) is 0 Å². The third-order valence-corrected chi connectivity index (χ3v) is 1.03. The van der Waals surface area contributed by atoms with E-state index in [0.29, 0.717) is 26.1 Å². The number of nitrogens with two attached hydrogens (primary N) is 2. The molecule has 0 unspecified atom stereocenters. The van der Waals surface area contributed by atoms with Crippen LogP contribution in [0.25, 0.3) is 0 Å². The highest BCUT2D eigenvalue weighted by molar-refractivity contribution is 5.77. The van der Waals surface area contributed by atoms with Crippen LogP contribution in [0.3, 0.4) is 0 Å². The molecule has 0 heterocycles. The second-order valence-corrected chi connectivity index (χ2v) is 2.16. The summed E-state index contributed by atoms with van der Waals surface area (Å²) in [5.41, 5.74) is 10.1. The summed E-state index contributed by atoms with van der Waals surface area (Å²) in [5, 5.41) is 13.7. The molecule has 0 aromatic carbocycles. The lowest BCUT2D eigenvalue weighted by molar-refractivity contribution is 0.148. The number of nitrogens with one attached hydrogen (secondary N) is 2. The van der Waals surface area contributed by atoms with Crippen molar-refractivity contribution in [2.75, 3.05) is 13.2 Å². The predicted octanol–water partition coefficient (Wildman–Crippen LogP) is -0.345. The number of hydrogen-bond acceptors (Lipinski definition) is 3. The first-order valence-corrected chi connectivity index (χ1v) is 3.36.